The van der Waals surface area contributed by atoms with Crippen molar-refractivity contribution in [3.8, 4) is 6.07 Å². The summed E-state index contributed by atoms with van der Waals surface area (Å²) in [4.78, 5) is 11.7. The molecule has 0 aromatic heterocycles. The first-order chi connectivity index (χ1) is 9.19. The van der Waals surface area contributed by atoms with Gasteiger partial charge in [0.1, 0.15) is 5.82 Å². The summed E-state index contributed by atoms with van der Waals surface area (Å²) in [6.45, 7) is 0. The molecule has 0 radical (unpaired) electrons. The van der Waals surface area contributed by atoms with Gasteiger partial charge < -0.3 is 5.32 Å². The molecule has 4 heteroatoms. The largest absolute Gasteiger partial charge is 0.323 e. The summed E-state index contributed by atoms with van der Waals surface area (Å²) in [5, 5.41) is 11.1. The molecule has 2 rings (SSSR count). The van der Waals surface area contributed by atoms with E-state index in [1.165, 1.54) is 12.1 Å². The van der Waals surface area contributed by atoms with Gasteiger partial charge in [-0.15, -0.1) is 0 Å². The highest BCUT2D eigenvalue weighted by Gasteiger charge is 2.08. The molecule has 0 heterocycles. The van der Waals surface area contributed by atoms with Crippen molar-refractivity contribution in [3.63, 3.8) is 0 Å². The molecule has 0 saturated heterocycles. The van der Waals surface area contributed by atoms with Crippen LogP contribution in [0, 0.1) is 17.1 Å². The summed E-state index contributed by atoms with van der Waals surface area (Å²) < 4.78 is 13.6. The number of hydrogen-bond donors (Lipinski definition) is 1. The monoisotopic (exact) mass is 254 g/mol. The summed E-state index contributed by atoms with van der Waals surface area (Å²) >= 11 is 0. The molecule has 0 aliphatic rings. The zero-order valence-corrected chi connectivity index (χ0v) is 10.1. The van der Waals surface area contributed by atoms with Crippen LogP contribution in [0.2, 0.25) is 0 Å². The minimum absolute atomic E-state index is 0.0833. The first-order valence-electron chi connectivity index (χ1n) is 5.72. The molecule has 0 spiro atoms. The molecule has 0 atom stereocenters. The Morgan fingerprint density at radius 3 is 2.58 bits per heavy atom. The molecule has 0 aliphatic heterocycles. The van der Waals surface area contributed by atoms with Gasteiger partial charge >= 0.3 is 0 Å². The zero-order chi connectivity index (χ0) is 13.7. The van der Waals surface area contributed by atoms with E-state index in [4.69, 9.17) is 5.26 Å². The molecule has 94 valence electrons. The van der Waals surface area contributed by atoms with Crippen LogP contribution >= 0.6 is 0 Å². The molecular weight excluding hydrogens is 243 g/mol. The number of rotatable bonds is 3. The number of benzene rings is 2. The number of nitrogens with zero attached hydrogens (tertiary/aromatic N) is 1. The number of nitriles is 1. The van der Waals surface area contributed by atoms with Crippen molar-refractivity contribution >= 4 is 11.6 Å². The van der Waals surface area contributed by atoms with Crippen LogP contribution in [0.3, 0.4) is 0 Å². The highest BCUT2D eigenvalue weighted by atomic mass is 19.1. The van der Waals surface area contributed by atoms with Gasteiger partial charge in [-0.2, -0.15) is 5.26 Å². The smallest absolute Gasteiger partial charge is 0.228 e. The van der Waals surface area contributed by atoms with E-state index in [0.29, 0.717) is 0 Å². The topological polar surface area (TPSA) is 52.9 Å². The summed E-state index contributed by atoms with van der Waals surface area (Å²) in [5.41, 5.74) is 1.16. The van der Waals surface area contributed by atoms with Gasteiger partial charge in [-0.05, 0) is 23.8 Å². The standard InChI is InChI=1S/C15H11FN2O/c16-13-8-12(10-17)6-7-14(13)18-15(19)9-11-4-2-1-3-5-11/h1-8H,9H2,(H,18,19). The lowest BCUT2D eigenvalue weighted by Crippen LogP contribution is -2.15. The third kappa shape index (κ3) is 3.39. The van der Waals surface area contributed by atoms with E-state index in [-0.39, 0.29) is 23.6 Å². The summed E-state index contributed by atoms with van der Waals surface area (Å²) in [6, 6.07) is 15.0. The molecule has 1 amide bonds. The third-order valence-corrected chi connectivity index (χ3v) is 2.58. The van der Waals surface area contributed by atoms with Gasteiger partial charge in [0.15, 0.2) is 0 Å². The molecule has 2 aromatic rings. The lowest BCUT2D eigenvalue weighted by atomic mass is 10.1. The van der Waals surface area contributed by atoms with E-state index < -0.39 is 5.82 Å². The van der Waals surface area contributed by atoms with Gasteiger partial charge in [0.2, 0.25) is 5.91 Å². The number of nitrogens with one attached hydrogen (secondary N) is 1. The molecule has 19 heavy (non-hydrogen) atoms. The molecule has 0 fully saturated rings. The summed E-state index contributed by atoms with van der Waals surface area (Å²) in [6.07, 6.45) is 0.181. The maximum atomic E-state index is 13.6. The molecule has 3 nitrogen and oxygen atoms in total. The van der Waals surface area contributed by atoms with E-state index in [0.717, 1.165) is 11.6 Å². The lowest BCUT2D eigenvalue weighted by molar-refractivity contribution is -0.115. The van der Waals surface area contributed by atoms with Crippen molar-refractivity contribution in [3.05, 3.63) is 65.5 Å². The average Bonchev–Trinajstić information content (AvgIpc) is 2.42. The predicted molar refractivity (Wildman–Crippen MR) is 69.9 cm³/mol. The fourth-order valence-electron chi connectivity index (χ4n) is 1.66. The maximum Gasteiger partial charge on any atom is 0.228 e. The normalized spacial score (nSPS) is 9.68. The molecule has 0 aliphatic carbocycles. The van der Waals surface area contributed by atoms with Crippen molar-refractivity contribution in [1.82, 2.24) is 0 Å². The Bertz CT molecular complexity index is 632. The third-order valence-electron chi connectivity index (χ3n) is 2.58. The highest BCUT2D eigenvalue weighted by molar-refractivity contribution is 5.92. The molecule has 2 aromatic carbocycles. The van der Waals surface area contributed by atoms with Crippen molar-refractivity contribution in [2.45, 2.75) is 6.42 Å². The second-order valence-corrected chi connectivity index (χ2v) is 4.02. The fraction of sp³-hybridized carbons (Fsp3) is 0.0667. The molecule has 1 N–H and O–H groups in total. The SMILES string of the molecule is N#Cc1ccc(NC(=O)Cc2ccccc2)c(F)c1. The van der Waals surface area contributed by atoms with Crippen LogP contribution in [0.1, 0.15) is 11.1 Å². The minimum Gasteiger partial charge on any atom is -0.323 e. The molecule has 0 saturated carbocycles. The quantitative estimate of drug-likeness (QED) is 0.915. The van der Waals surface area contributed by atoms with Crippen LogP contribution in [0.15, 0.2) is 48.5 Å². The van der Waals surface area contributed by atoms with E-state index in [9.17, 15) is 9.18 Å². The van der Waals surface area contributed by atoms with Gasteiger partial charge in [0, 0.05) is 0 Å². The number of carbonyl (C=O) groups is 1. The number of halogens is 1. The van der Waals surface area contributed by atoms with Crippen LogP contribution in [-0.2, 0) is 11.2 Å². The lowest BCUT2D eigenvalue weighted by Gasteiger charge is -2.06. The van der Waals surface area contributed by atoms with Crippen molar-refractivity contribution in [1.29, 1.82) is 5.26 Å². The number of hydrogen-bond acceptors (Lipinski definition) is 2. The number of anilines is 1. The van der Waals surface area contributed by atoms with Gasteiger partial charge in [-0.25, -0.2) is 4.39 Å². The fourth-order valence-corrected chi connectivity index (χ4v) is 1.66. The van der Waals surface area contributed by atoms with E-state index >= 15 is 0 Å². The van der Waals surface area contributed by atoms with Crippen LogP contribution in [0.5, 0.6) is 0 Å². The van der Waals surface area contributed by atoms with Crippen molar-refractivity contribution < 1.29 is 9.18 Å². The first kappa shape index (κ1) is 12.8. The number of amides is 1. The van der Waals surface area contributed by atoms with Crippen LogP contribution in [0.4, 0.5) is 10.1 Å². The Hall–Kier alpha value is -2.67. The number of carbonyl (C=O) groups excluding carboxylic acids is 1. The summed E-state index contributed by atoms with van der Waals surface area (Å²) in [5.74, 6) is -0.907. The van der Waals surface area contributed by atoms with Crippen LogP contribution < -0.4 is 5.32 Å². The summed E-state index contributed by atoms with van der Waals surface area (Å²) in [7, 11) is 0. The second-order valence-electron chi connectivity index (χ2n) is 4.02. The Kier molecular flexibility index (Phi) is 3.89. The predicted octanol–water partition coefficient (Wildman–Crippen LogP) is 2.88. The first-order valence-corrected chi connectivity index (χ1v) is 5.72. The Balaban J connectivity index is 2.05. The van der Waals surface area contributed by atoms with Gasteiger partial charge in [0.25, 0.3) is 0 Å². The van der Waals surface area contributed by atoms with Crippen LogP contribution in [-0.4, -0.2) is 5.91 Å². The average molecular weight is 254 g/mol. The molecule has 0 bridgehead atoms. The van der Waals surface area contributed by atoms with Crippen molar-refractivity contribution in [2.24, 2.45) is 0 Å². The van der Waals surface area contributed by atoms with Crippen molar-refractivity contribution in [2.75, 3.05) is 5.32 Å². The Labute approximate surface area is 110 Å². The Morgan fingerprint density at radius 2 is 1.95 bits per heavy atom. The van der Waals surface area contributed by atoms with Gasteiger partial charge in [0.05, 0.1) is 23.7 Å². The van der Waals surface area contributed by atoms with E-state index in [1.807, 2.05) is 36.4 Å². The van der Waals surface area contributed by atoms with Crippen LogP contribution in [0.25, 0.3) is 0 Å². The Morgan fingerprint density at radius 1 is 1.21 bits per heavy atom. The molecular formula is C15H11FN2O. The zero-order valence-electron chi connectivity index (χ0n) is 10.1. The minimum atomic E-state index is -0.611. The maximum absolute atomic E-state index is 13.6. The molecule has 0 unspecified atom stereocenters. The van der Waals surface area contributed by atoms with Gasteiger partial charge in [-0.3, -0.25) is 4.79 Å². The second kappa shape index (κ2) is 5.78. The highest BCUT2D eigenvalue weighted by Crippen LogP contribution is 2.15. The van der Waals surface area contributed by atoms with E-state index in [2.05, 4.69) is 5.32 Å². The van der Waals surface area contributed by atoms with E-state index in [1.54, 1.807) is 0 Å². The van der Waals surface area contributed by atoms with Gasteiger partial charge in [-0.1, -0.05) is 30.3 Å².